The van der Waals surface area contributed by atoms with Crippen LogP contribution in [-0.4, -0.2) is 37.2 Å². The van der Waals surface area contributed by atoms with Crippen molar-refractivity contribution in [1.82, 2.24) is 10.6 Å². The van der Waals surface area contributed by atoms with Crippen molar-refractivity contribution in [2.75, 3.05) is 19.0 Å². The van der Waals surface area contributed by atoms with Crippen molar-refractivity contribution >= 4 is 23.6 Å². The number of aryl methyl sites for hydroxylation is 1. The van der Waals surface area contributed by atoms with Crippen LogP contribution in [0.25, 0.3) is 0 Å². The Bertz CT molecular complexity index is 953. The van der Waals surface area contributed by atoms with E-state index in [1.54, 1.807) is 33.9 Å². The van der Waals surface area contributed by atoms with Gasteiger partial charge in [-0.15, -0.1) is 0 Å². The Morgan fingerprint density at radius 1 is 0.909 bits per heavy atom. The van der Waals surface area contributed by atoms with Gasteiger partial charge in [0.25, 0.3) is 0 Å². The van der Waals surface area contributed by atoms with Crippen molar-refractivity contribution in [3.05, 3.63) is 59.7 Å². The number of anilines is 1. The quantitative estimate of drug-likeness (QED) is 0.505. The van der Waals surface area contributed by atoms with Gasteiger partial charge in [0.05, 0.1) is 7.11 Å². The van der Waals surface area contributed by atoms with Crippen LogP contribution in [0.15, 0.2) is 48.5 Å². The van der Waals surface area contributed by atoms with E-state index in [9.17, 15) is 14.4 Å². The predicted octanol–water partition coefficient (Wildman–Crippen LogP) is 3.80. The number of carbonyl (C=O) groups is 3. The van der Waals surface area contributed by atoms with Crippen LogP contribution in [0.1, 0.15) is 44.7 Å². The fraction of sp³-hybridized carbons (Fsp3) is 0.400. The van der Waals surface area contributed by atoms with Crippen molar-refractivity contribution in [2.45, 2.75) is 52.2 Å². The zero-order valence-electron chi connectivity index (χ0n) is 19.7. The molecule has 0 fully saturated rings. The first kappa shape index (κ1) is 25.7. The van der Waals surface area contributed by atoms with E-state index in [1.807, 2.05) is 42.5 Å². The topological polar surface area (TPSA) is 106 Å². The molecule has 2 rings (SSSR count). The molecule has 0 aliphatic carbocycles. The average Bonchev–Trinajstić information content (AvgIpc) is 2.76. The highest BCUT2D eigenvalue weighted by molar-refractivity contribution is 5.92. The van der Waals surface area contributed by atoms with Gasteiger partial charge in [-0.25, -0.2) is 4.79 Å². The van der Waals surface area contributed by atoms with Gasteiger partial charge in [0.1, 0.15) is 11.4 Å². The molecule has 2 aromatic rings. The summed E-state index contributed by atoms with van der Waals surface area (Å²) in [4.78, 5) is 36.2. The number of hydrogen-bond acceptors (Lipinski definition) is 5. The molecule has 8 nitrogen and oxygen atoms in total. The van der Waals surface area contributed by atoms with Crippen molar-refractivity contribution in [3.8, 4) is 5.75 Å². The van der Waals surface area contributed by atoms with E-state index in [1.165, 1.54) is 0 Å². The molecule has 8 heteroatoms. The minimum absolute atomic E-state index is 0.0829. The van der Waals surface area contributed by atoms with Crippen LogP contribution in [0.2, 0.25) is 0 Å². The van der Waals surface area contributed by atoms with Crippen LogP contribution < -0.4 is 20.7 Å². The summed E-state index contributed by atoms with van der Waals surface area (Å²) >= 11 is 0. The third-order valence-electron chi connectivity index (χ3n) is 4.56. The zero-order valence-corrected chi connectivity index (χ0v) is 19.7. The Balaban J connectivity index is 1.79. The monoisotopic (exact) mass is 455 g/mol. The molecule has 0 radical (unpaired) electrons. The number of amides is 3. The van der Waals surface area contributed by atoms with Gasteiger partial charge >= 0.3 is 6.09 Å². The molecule has 0 aliphatic heterocycles. The van der Waals surface area contributed by atoms with Crippen LogP contribution in [0, 0.1) is 0 Å². The fourth-order valence-electron chi connectivity index (χ4n) is 2.97. The lowest BCUT2D eigenvalue weighted by atomic mass is 10.1. The molecule has 0 saturated carbocycles. The highest BCUT2D eigenvalue weighted by Gasteiger charge is 2.16. The number of hydrogen-bond donors (Lipinski definition) is 3. The Morgan fingerprint density at radius 3 is 2.39 bits per heavy atom. The van der Waals surface area contributed by atoms with Crippen molar-refractivity contribution in [3.63, 3.8) is 0 Å². The van der Waals surface area contributed by atoms with Crippen LogP contribution in [0.4, 0.5) is 10.5 Å². The molecule has 2 aromatic carbocycles. The van der Waals surface area contributed by atoms with Crippen molar-refractivity contribution in [1.29, 1.82) is 0 Å². The lowest BCUT2D eigenvalue weighted by Crippen LogP contribution is -2.34. The second kappa shape index (κ2) is 12.5. The van der Waals surface area contributed by atoms with E-state index >= 15 is 0 Å². The Morgan fingerprint density at radius 2 is 1.67 bits per heavy atom. The van der Waals surface area contributed by atoms with Crippen LogP contribution in [-0.2, 0) is 27.3 Å². The predicted molar refractivity (Wildman–Crippen MR) is 127 cm³/mol. The Kier molecular flexibility index (Phi) is 9.72. The normalized spacial score (nSPS) is 10.8. The number of rotatable bonds is 10. The summed E-state index contributed by atoms with van der Waals surface area (Å²) in [6.07, 6.45) is 0.484. The molecule has 33 heavy (non-hydrogen) atoms. The largest absolute Gasteiger partial charge is 0.497 e. The molecule has 3 amide bonds. The highest BCUT2D eigenvalue weighted by Crippen LogP contribution is 2.16. The van der Waals surface area contributed by atoms with E-state index in [2.05, 4.69) is 16.0 Å². The third kappa shape index (κ3) is 10.1. The molecule has 0 unspecified atom stereocenters. The van der Waals surface area contributed by atoms with Gasteiger partial charge in [-0.05, 0) is 56.5 Å². The third-order valence-corrected chi connectivity index (χ3v) is 4.56. The van der Waals surface area contributed by atoms with Gasteiger partial charge in [-0.2, -0.15) is 0 Å². The van der Waals surface area contributed by atoms with Gasteiger partial charge in [-0.1, -0.05) is 30.3 Å². The second-order valence-electron chi connectivity index (χ2n) is 8.51. The van der Waals surface area contributed by atoms with Gasteiger partial charge < -0.3 is 25.4 Å². The summed E-state index contributed by atoms with van der Waals surface area (Å²) in [6.45, 7) is 5.77. The minimum atomic E-state index is -0.594. The SMILES string of the molecule is COc1cccc(CCC(=O)NCc2ccccc2NC(=O)CCNC(=O)OC(C)(C)C)c1. The Hall–Kier alpha value is -3.55. The number of ether oxygens (including phenoxy) is 2. The first-order valence-electron chi connectivity index (χ1n) is 10.9. The summed E-state index contributed by atoms with van der Waals surface area (Å²) in [5.41, 5.74) is 1.84. The van der Waals surface area contributed by atoms with Crippen LogP contribution in [0.5, 0.6) is 5.75 Å². The van der Waals surface area contributed by atoms with E-state index in [0.29, 0.717) is 25.1 Å². The van der Waals surface area contributed by atoms with E-state index < -0.39 is 11.7 Å². The van der Waals surface area contributed by atoms with Crippen molar-refractivity contribution < 1.29 is 23.9 Å². The highest BCUT2D eigenvalue weighted by atomic mass is 16.6. The lowest BCUT2D eigenvalue weighted by Gasteiger charge is -2.19. The van der Waals surface area contributed by atoms with E-state index in [-0.39, 0.29) is 24.8 Å². The molecule has 0 saturated heterocycles. The van der Waals surface area contributed by atoms with Crippen molar-refractivity contribution in [2.24, 2.45) is 0 Å². The first-order chi connectivity index (χ1) is 15.7. The maximum atomic E-state index is 12.3. The Labute approximate surface area is 195 Å². The number of carbonyl (C=O) groups excluding carboxylic acids is 3. The van der Waals surface area contributed by atoms with Crippen LogP contribution >= 0.6 is 0 Å². The molecule has 0 spiro atoms. The van der Waals surface area contributed by atoms with Crippen LogP contribution in [0.3, 0.4) is 0 Å². The van der Waals surface area contributed by atoms with Gasteiger partial charge in [0, 0.05) is 31.6 Å². The fourth-order valence-corrected chi connectivity index (χ4v) is 2.97. The summed E-state index contributed by atoms with van der Waals surface area (Å²) in [7, 11) is 1.61. The molecule has 3 N–H and O–H groups in total. The standard InChI is InChI=1S/C25H33N3O5/c1-25(2,3)33-24(31)26-15-14-23(30)28-21-11-6-5-9-19(21)17-27-22(29)13-12-18-8-7-10-20(16-18)32-4/h5-11,16H,12-15,17H2,1-4H3,(H,26,31)(H,27,29)(H,28,30). The first-order valence-corrected chi connectivity index (χ1v) is 10.9. The van der Waals surface area contributed by atoms with E-state index in [0.717, 1.165) is 16.9 Å². The maximum Gasteiger partial charge on any atom is 0.407 e. The summed E-state index contributed by atoms with van der Waals surface area (Å²) in [5.74, 6) is 0.433. The van der Waals surface area contributed by atoms with Gasteiger partial charge in [0.2, 0.25) is 11.8 Å². The number of alkyl carbamates (subject to hydrolysis) is 1. The zero-order chi connectivity index (χ0) is 24.3. The number of methoxy groups -OCH3 is 1. The minimum Gasteiger partial charge on any atom is -0.497 e. The molecule has 0 bridgehead atoms. The maximum absolute atomic E-state index is 12.3. The molecular formula is C25H33N3O5. The second-order valence-corrected chi connectivity index (χ2v) is 8.51. The smallest absolute Gasteiger partial charge is 0.407 e. The summed E-state index contributed by atoms with van der Waals surface area (Å²) in [5, 5.41) is 8.29. The molecule has 0 heterocycles. The molecule has 0 aliphatic rings. The molecule has 0 aromatic heterocycles. The summed E-state index contributed by atoms with van der Waals surface area (Å²) in [6, 6.07) is 14.9. The van der Waals surface area contributed by atoms with E-state index in [4.69, 9.17) is 9.47 Å². The lowest BCUT2D eigenvalue weighted by molar-refractivity contribution is -0.121. The number of nitrogens with one attached hydrogen (secondary N) is 3. The van der Waals surface area contributed by atoms with Gasteiger partial charge in [0.15, 0.2) is 0 Å². The molecular weight excluding hydrogens is 422 g/mol. The number of benzene rings is 2. The molecule has 0 atom stereocenters. The number of para-hydroxylation sites is 1. The van der Waals surface area contributed by atoms with Gasteiger partial charge in [-0.3, -0.25) is 9.59 Å². The molecule has 178 valence electrons. The summed E-state index contributed by atoms with van der Waals surface area (Å²) < 4.78 is 10.3. The average molecular weight is 456 g/mol.